The van der Waals surface area contributed by atoms with Gasteiger partial charge in [-0.05, 0) is 56.7 Å². The van der Waals surface area contributed by atoms with E-state index in [9.17, 15) is 4.79 Å². The monoisotopic (exact) mass is 329 g/mol. The number of aromatic nitrogens is 2. The van der Waals surface area contributed by atoms with Crippen LogP contribution in [0.5, 0.6) is 0 Å². The Hall–Kier alpha value is -0.680. The lowest BCUT2D eigenvalue weighted by atomic mass is 9.85. The summed E-state index contributed by atoms with van der Waals surface area (Å²) in [6.45, 7) is 8.19. The summed E-state index contributed by atoms with van der Waals surface area (Å²) in [6, 6.07) is 0.166. The molecule has 5 heteroatoms. The zero-order valence-corrected chi connectivity index (χ0v) is 14.3. The maximum absolute atomic E-state index is 13.0. The van der Waals surface area contributed by atoms with Crippen molar-refractivity contribution in [3.63, 3.8) is 0 Å². The van der Waals surface area contributed by atoms with E-state index in [1.165, 1.54) is 0 Å². The summed E-state index contributed by atoms with van der Waals surface area (Å²) >= 11 is 3.46. The van der Waals surface area contributed by atoms with Crippen molar-refractivity contribution in [1.82, 2.24) is 14.7 Å². The Morgan fingerprint density at radius 1 is 1.42 bits per heavy atom. The Kier molecular flexibility index (Phi) is 5.33. The Labute approximate surface area is 124 Å². The van der Waals surface area contributed by atoms with Crippen molar-refractivity contribution in [2.24, 2.45) is 0 Å². The molecule has 1 aromatic rings. The van der Waals surface area contributed by atoms with Gasteiger partial charge in [0, 0.05) is 6.04 Å². The first kappa shape index (κ1) is 16.4. The van der Waals surface area contributed by atoms with Crippen LogP contribution in [0.2, 0.25) is 0 Å². The summed E-state index contributed by atoms with van der Waals surface area (Å²) in [4.78, 5) is 15.1. The first-order valence-corrected chi connectivity index (χ1v) is 7.56. The molecule has 0 saturated carbocycles. The van der Waals surface area contributed by atoms with E-state index >= 15 is 0 Å². The van der Waals surface area contributed by atoms with E-state index < -0.39 is 5.54 Å². The molecule has 0 saturated heterocycles. The molecule has 0 amide bonds. The smallest absolute Gasteiger partial charge is 0.202 e. The van der Waals surface area contributed by atoms with E-state index in [0.29, 0.717) is 5.69 Å². The molecule has 19 heavy (non-hydrogen) atoms. The summed E-state index contributed by atoms with van der Waals surface area (Å²) in [6.07, 6.45) is 3.27. The maximum Gasteiger partial charge on any atom is 0.202 e. The fraction of sp³-hybridized carbons (Fsp3) is 0.714. The lowest BCUT2D eigenvalue weighted by Crippen LogP contribution is -2.51. The molecule has 0 radical (unpaired) electrons. The topological polar surface area (TPSA) is 38.1 Å². The van der Waals surface area contributed by atoms with Gasteiger partial charge in [-0.1, -0.05) is 13.8 Å². The summed E-state index contributed by atoms with van der Waals surface area (Å²) in [5, 5.41) is 4.31. The molecule has 0 spiro atoms. The van der Waals surface area contributed by atoms with E-state index in [4.69, 9.17) is 0 Å². The number of hydrogen-bond acceptors (Lipinski definition) is 3. The number of halogens is 1. The van der Waals surface area contributed by atoms with Gasteiger partial charge in [-0.15, -0.1) is 0 Å². The van der Waals surface area contributed by atoms with Gasteiger partial charge in [-0.2, -0.15) is 5.10 Å². The van der Waals surface area contributed by atoms with Crippen LogP contribution in [0, 0.1) is 0 Å². The third-order valence-corrected chi connectivity index (χ3v) is 4.48. The molecular formula is C14H24BrN3O. The van der Waals surface area contributed by atoms with Gasteiger partial charge in [-0.25, -0.2) is 0 Å². The molecule has 108 valence electrons. The Bertz CT molecular complexity index is 448. The van der Waals surface area contributed by atoms with Crippen molar-refractivity contribution in [1.29, 1.82) is 0 Å². The number of nitrogens with zero attached hydrogens (tertiary/aromatic N) is 3. The van der Waals surface area contributed by atoms with Crippen LogP contribution in [-0.2, 0) is 0 Å². The highest BCUT2D eigenvalue weighted by molar-refractivity contribution is 9.10. The SMILES string of the molecule is CCC(CC)(C(=O)c1c(Br)cnn1C(C)C)N(C)C. The summed E-state index contributed by atoms with van der Waals surface area (Å²) in [5.74, 6) is 0.139. The molecule has 0 fully saturated rings. The van der Waals surface area contributed by atoms with Crippen molar-refractivity contribution in [2.45, 2.75) is 52.1 Å². The minimum Gasteiger partial charge on any atom is -0.297 e. The minimum atomic E-state index is -0.463. The van der Waals surface area contributed by atoms with Crippen molar-refractivity contribution in [3.8, 4) is 0 Å². The fourth-order valence-electron chi connectivity index (χ4n) is 2.57. The Morgan fingerprint density at radius 2 is 1.95 bits per heavy atom. The number of carbonyl (C=O) groups excluding carboxylic acids is 1. The van der Waals surface area contributed by atoms with Gasteiger partial charge in [0.25, 0.3) is 0 Å². The Balaban J connectivity index is 3.36. The normalized spacial score (nSPS) is 12.5. The molecule has 0 aliphatic carbocycles. The quantitative estimate of drug-likeness (QED) is 0.749. The van der Waals surface area contributed by atoms with Crippen molar-refractivity contribution in [2.75, 3.05) is 14.1 Å². The van der Waals surface area contributed by atoms with Crippen LogP contribution in [0.15, 0.2) is 10.7 Å². The van der Waals surface area contributed by atoms with Crippen LogP contribution in [0.4, 0.5) is 0 Å². The van der Waals surface area contributed by atoms with E-state index in [1.54, 1.807) is 10.9 Å². The summed E-state index contributed by atoms with van der Waals surface area (Å²) in [5.41, 5.74) is 0.210. The highest BCUT2D eigenvalue weighted by Gasteiger charge is 2.40. The molecule has 0 bridgehead atoms. The zero-order chi connectivity index (χ0) is 14.8. The van der Waals surface area contributed by atoms with Crippen LogP contribution < -0.4 is 0 Å². The van der Waals surface area contributed by atoms with Crippen molar-refractivity contribution in [3.05, 3.63) is 16.4 Å². The van der Waals surface area contributed by atoms with Gasteiger partial charge in [-0.3, -0.25) is 14.4 Å². The number of Topliss-reactive ketones (excluding diaryl/α,β-unsaturated/α-hetero) is 1. The molecule has 0 aromatic carbocycles. The average Bonchev–Trinajstić information content (AvgIpc) is 2.72. The number of ketones is 1. The van der Waals surface area contributed by atoms with E-state index in [0.717, 1.165) is 17.3 Å². The largest absolute Gasteiger partial charge is 0.297 e. The average molecular weight is 330 g/mol. The zero-order valence-electron chi connectivity index (χ0n) is 12.7. The molecule has 0 aliphatic heterocycles. The number of rotatable bonds is 6. The summed E-state index contributed by atoms with van der Waals surface area (Å²) < 4.78 is 2.58. The molecule has 0 atom stereocenters. The summed E-state index contributed by atoms with van der Waals surface area (Å²) in [7, 11) is 3.93. The predicted molar refractivity (Wildman–Crippen MR) is 81.6 cm³/mol. The fourth-order valence-corrected chi connectivity index (χ4v) is 3.03. The standard InChI is InChI=1S/C14H24BrN3O/c1-7-14(8-2,17(5)6)13(19)12-11(15)9-16-18(12)10(3)4/h9-10H,7-8H2,1-6H3. The second kappa shape index (κ2) is 6.18. The van der Waals surface area contributed by atoms with Crippen LogP contribution in [0.3, 0.4) is 0 Å². The third kappa shape index (κ3) is 2.77. The Morgan fingerprint density at radius 3 is 2.32 bits per heavy atom. The highest BCUT2D eigenvalue weighted by atomic mass is 79.9. The second-order valence-electron chi connectivity index (χ2n) is 5.34. The molecule has 0 aliphatic rings. The van der Waals surface area contributed by atoms with Crippen LogP contribution >= 0.6 is 15.9 Å². The van der Waals surface area contributed by atoms with Crippen molar-refractivity contribution < 1.29 is 4.79 Å². The van der Waals surface area contributed by atoms with Gasteiger partial charge in [0.1, 0.15) is 5.69 Å². The number of carbonyl (C=O) groups is 1. The third-order valence-electron chi connectivity index (χ3n) is 3.90. The number of hydrogen-bond donors (Lipinski definition) is 0. The predicted octanol–water partition coefficient (Wildman–Crippen LogP) is 3.53. The first-order valence-electron chi connectivity index (χ1n) is 6.77. The van der Waals surface area contributed by atoms with E-state index in [1.807, 2.05) is 32.8 Å². The first-order chi connectivity index (χ1) is 8.81. The minimum absolute atomic E-state index is 0.139. The maximum atomic E-state index is 13.0. The van der Waals surface area contributed by atoms with Gasteiger partial charge in [0.15, 0.2) is 0 Å². The molecule has 1 aromatic heterocycles. The van der Waals surface area contributed by atoms with Gasteiger partial charge >= 0.3 is 0 Å². The van der Waals surface area contributed by atoms with E-state index in [2.05, 4.69) is 34.9 Å². The molecule has 4 nitrogen and oxygen atoms in total. The second-order valence-corrected chi connectivity index (χ2v) is 6.20. The van der Waals surface area contributed by atoms with Gasteiger partial charge in [0.2, 0.25) is 5.78 Å². The molecule has 1 heterocycles. The van der Waals surface area contributed by atoms with Crippen molar-refractivity contribution >= 4 is 21.7 Å². The molecular weight excluding hydrogens is 306 g/mol. The van der Waals surface area contributed by atoms with Crippen LogP contribution in [0.1, 0.15) is 57.1 Å². The van der Waals surface area contributed by atoms with Gasteiger partial charge < -0.3 is 0 Å². The van der Waals surface area contributed by atoms with Crippen LogP contribution in [-0.4, -0.2) is 40.1 Å². The molecule has 0 unspecified atom stereocenters. The lowest BCUT2D eigenvalue weighted by Gasteiger charge is -2.37. The number of likely N-dealkylation sites (N-methyl/N-ethyl adjacent to an activating group) is 1. The highest BCUT2D eigenvalue weighted by Crippen LogP contribution is 2.30. The molecule has 0 N–H and O–H groups in total. The lowest BCUT2D eigenvalue weighted by molar-refractivity contribution is 0.0641. The van der Waals surface area contributed by atoms with Crippen LogP contribution in [0.25, 0.3) is 0 Å². The van der Waals surface area contributed by atoms with Gasteiger partial charge in [0.05, 0.1) is 16.2 Å². The van der Waals surface area contributed by atoms with E-state index in [-0.39, 0.29) is 11.8 Å². The molecule has 1 rings (SSSR count).